The van der Waals surface area contributed by atoms with E-state index in [-0.39, 0.29) is 5.92 Å². The third kappa shape index (κ3) is 2.08. The molecule has 2 heteroatoms. The smallest absolute Gasteiger partial charge is 0.226 e. The quantitative estimate of drug-likeness (QED) is 0.763. The number of carbonyl (C=O) groups is 1. The summed E-state index contributed by atoms with van der Waals surface area (Å²) in [7, 11) is 0. The van der Waals surface area contributed by atoms with Crippen LogP contribution in [0.25, 0.3) is 0 Å². The summed E-state index contributed by atoms with van der Waals surface area (Å²) in [5.74, 6) is 0.634. The third-order valence-electron chi connectivity index (χ3n) is 4.18. The van der Waals surface area contributed by atoms with Crippen LogP contribution in [0.4, 0.5) is 0 Å². The highest BCUT2D eigenvalue weighted by Crippen LogP contribution is 2.32. The Morgan fingerprint density at radius 1 is 1.12 bits per heavy atom. The van der Waals surface area contributed by atoms with Gasteiger partial charge in [-0.15, -0.1) is 0 Å². The van der Waals surface area contributed by atoms with Gasteiger partial charge in [0.15, 0.2) is 0 Å². The molecule has 1 aromatic rings. The zero-order valence-electron chi connectivity index (χ0n) is 10.1. The molecule has 2 fully saturated rings. The van der Waals surface area contributed by atoms with Gasteiger partial charge >= 0.3 is 0 Å². The number of hydrogen-bond donors (Lipinski definition) is 0. The van der Waals surface area contributed by atoms with E-state index >= 15 is 0 Å². The van der Waals surface area contributed by atoms with E-state index in [4.69, 9.17) is 0 Å². The Bertz CT molecular complexity index is 401. The maximum atomic E-state index is 12.3. The van der Waals surface area contributed by atoms with Crippen LogP contribution in [0.3, 0.4) is 0 Å². The number of benzene rings is 1. The summed E-state index contributed by atoms with van der Waals surface area (Å²) in [5, 5.41) is 0. The van der Waals surface area contributed by atoms with E-state index in [0.29, 0.717) is 11.9 Å². The number of nitrogens with zero attached hydrogens (tertiary/aromatic N) is 1. The van der Waals surface area contributed by atoms with E-state index < -0.39 is 0 Å². The Hall–Kier alpha value is -1.31. The lowest BCUT2D eigenvalue weighted by molar-refractivity contribution is -0.139. The van der Waals surface area contributed by atoms with Crippen molar-refractivity contribution in [2.45, 2.75) is 38.1 Å². The molecule has 0 saturated carbocycles. The second-order valence-electron chi connectivity index (χ2n) is 5.29. The predicted molar refractivity (Wildman–Crippen MR) is 67.6 cm³/mol. The van der Waals surface area contributed by atoms with Crippen molar-refractivity contribution >= 4 is 5.91 Å². The van der Waals surface area contributed by atoms with Crippen LogP contribution < -0.4 is 0 Å². The lowest BCUT2D eigenvalue weighted by Crippen LogP contribution is -2.44. The van der Waals surface area contributed by atoms with Gasteiger partial charge in [-0.05, 0) is 37.7 Å². The molecule has 2 nitrogen and oxygen atoms in total. The molecule has 2 aliphatic rings. The Labute approximate surface area is 103 Å². The monoisotopic (exact) mass is 229 g/mol. The second-order valence-corrected chi connectivity index (χ2v) is 5.29. The Kier molecular flexibility index (Phi) is 2.87. The lowest BCUT2D eigenvalue weighted by Gasteiger charge is -2.34. The van der Waals surface area contributed by atoms with Gasteiger partial charge in [0.25, 0.3) is 0 Å². The number of fused-ring (bicyclic) bond motifs is 1. The molecule has 0 spiro atoms. The summed E-state index contributed by atoms with van der Waals surface area (Å²) >= 11 is 0. The average Bonchev–Trinajstić information content (AvgIpc) is 2.83. The van der Waals surface area contributed by atoms with Crippen molar-refractivity contribution in [2.24, 2.45) is 5.92 Å². The molecule has 0 unspecified atom stereocenters. The van der Waals surface area contributed by atoms with Crippen molar-refractivity contribution < 1.29 is 4.79 Å². The van der Waals surface area contributed by atoms with E-state index in [9.17, 15) is 4.79 Å². The Morgan fingerprint density at radius 3 is 2.76 bits per heavy atom. The van der Waals surface area contributed by atoms with E-state index in [1.165, 1.54) is 24.8 Å². The molecule has 90 valence electrons. The van der Waals surface area contributed by atoms with E-state index in [2.05, 4.69) is 29.2 Å². The fourth-order valence-electron chi connectivity index (χ4n) is 3.27. The normalized spacial score (nSPS) is 28.2. The standard InChI is InChI=1S/C15H19NO/c17-15-13(11-12-5-2-1-3-6-12)8-9-14-7-4-10-16(14)15/h1-3,5-6,13-14H,4,7-11H2/t13-,14+/m1/s1. The Balaban J connectivity index is 1.70. The topological polar surface area (TPSA) is 20.3 Å². The fraction of sp³-hybridized carbons (Fsp3) is 0.533. The molecule has 3 rings (SSSR count). The zero-order valence-corrected chi connectivity index (χ0v) is 10.1. The summed E-state index contributed by atoms with van der Waals surface area (Å²) < 4.78 is 0. The average molecular weight is 229 g/mol. The highest BCUT2D eigenvalue weighted by atomic mass is 16.2. The van der Waals surface area contributed by atoms with Gasteiger partial charge in [-0.1, -0.05) is 30.3 Å². The highest BCUT2D eigenvalue weighted by Gasteiger charge is 2.37. The summed E-state index contributed by atoms with van der Waals surface area (Å²) in [5.41, 5.74) is 1.29. The van der Waals surface area contributed by atoms with Crippen molar-refractivity contribution in [1.82, 2.24) is 4.90 Å². The summed E-state index contributed by atoms with van der Waals surface area (Å²) in [4.78, 5) is 14.5. The van der Waals surface area contributed by atoms with Crippen LogP contribution in [0.2, 0.25) is 0 Å². The number of hydrogen-bond acceptors (Lipinski definition) is 1. The maximum absolute atomic E-state index is 12.3. The molecule has 0 radical (unpaired) electrons. The summed E-state index contributed by atoms with van der Waals surface area (Å²) in [6.45, 7) is 0.995. The van der Waals surface area contributed by atoms with Crippen LogP contribution in [0.15, 0.2) is 30.3 Å². The van der Waals surface area contributed by atoms with Crippen molar-refractivity contribution in [3.63, 3.8) is 0 Å². The SMILES string of the molecule is O=C1[C@@H](Cc2ccccc2)CC[C@@H]2CCCN12. The second kappa shape index (κ2) is 4.52. The largest absolute Gasteiger partial charge is 0.339 e. The summed E-state index contributed by atoms with van der Waals surface area (Å²) in [6.07, 6.45) is 5.64. The van der Waals surface area contributed by atoms with Crippen LogP contribution in [-0.4, -0.2) is 23.4 Å². The Morgan fingerprint density at radius 2 is 1.94 bits per heavy atom. The molecular weight excluding hydrogens is 210 g/mol. The van der Waals surface area contributed by atoms with Gasteiger partial charge in [0.1, 0.15) is 0 Å². The molecule has 2 heterocycles. The molecule has 2 aliphatic heterocycles. The molecule has 1 amide bonds. The molecule has 0 aliphatic carbocycles. The summed E-state index contributed by atoms with van der Waals surface area (Å²) in [6, 6.07) is 11.0. The van der Waals surface area contributed by atoms with E-state index in [1.54, 1.807) is 0 Å². The van der Waals surface area contributed by atoms with Crippen molar-refractivity contribution in [3.05, 3.63) is 35.9 Å². The minimum atomic E-state index is 0.228. The fourth-order valence-corrected chi connectivity index (χ4v) is 3.27. The van der Waals surface area contributed by atoms with Crippen molar-refractivity contribution in [1.29, 1.82) is 0 Å². The van der Waals surface area contributed by atoms with Crippen LogP contribution in [-0.2, 0) is 11.2 Å². The number of piperidine rings is 1. The highest BCUT2D eigenvalue weighted by molar-refractivity contribution is 5.80. The first-order valence-electron chi connectivity index (χ1n) is 6.69. The first kappa shape index (κ1) is 10.8. The van der Waals surface area contributed by atoms with Crippen LogP contribution >= 0.6 is 0 Å². The van der Waals surface area contributed by atoms with Crippen molar-refractivity contribution in [3.8, 4) is 0 Å². The van der Waals surface area contributed by atoms with Gasteiger partial charge in [-0.2, -0.15) is 0 Å². The van der Waals surface area contributed by atoms with Crippen LogP contribution in [0.1, 0.15) is 31.2 Å². The number of amides is 1. The minimum Gasteiger partial charge on any atom is -0.339 e. The van der Waals surface area contributed by atoms with Gasteiger partial charge in [0.2, 0.25) is 5.91 Å². The molecule has 0 N–H and O–H groups in total. The third-order valence-corrected chi connectivity index (χ3v) is 4.18. The molecule has 2 atom stereocenters. The molecule has 0 bridgehead atoms. The van der Waals surface area contributed by atoms with Gasteiger partial charge in [0.05, 0.1) is 0 Å². The zero-order chi connectivity index (χ0) is 11.7. The minimum absolute atomic E-state index is 0.228. The molecule has 17 heavy (non-hydrogen) atoms. The molecule has 2 saturated heterocycles. The van der Waals surface area contributed by atoms with Gasteiger partial charge in [-0.3, -0.25) is 4.79 Å². The first-order chi connectivity index (χ1) is 8.34. The molecule has 0 aromatic heterocycles. The number of carbonyl (C=O) groups excluding carboxylic acids is 1. The predicted octanol–water partition coefficient (Wildman–Crippen LogP) is 2.63. The number of rotatable bonds is 2. The van der Waals surface area contributed by atoms with Gasteiger partial charge in [0, 0.05) is 18.5 Å². The van der Waals surface area contributed by atoms with E-state index in [0.717, 1.165) is 19.4 Å². The van der Waals surface area contributed by atoms with Crippen molar-refractivity contribution in [2.75, 3.05) is 6.54 Å². The maximum Gasteiger partial charge on any atom is 0.226 e. The molecular formula is C15H19NO. The van der Waals surface area contributed by atoms with E-state index in [1.807, 2.05) is 6.07 Å². The molecule has 1 aromatic carbocycles. The first-order valence-corrected chi connectivity index (χ1v) is 6.69. The van der Waals surface area contributed by atoms with Crippen LogP contribution in [0.5, 0.6) is 0 Å². The lowest BCUT2D eigenvalue weighted by atomic mass is 9.88. The van der Waals surface area contributed by atoms with Crippen LogP contribution in [0, 0.1) is 5.92 Å². The van der Waals surface area contributed by atoms with Gasteiger partial charge < -0.3 is 4.90 Å². The van der Waals surface area contributed by atoms with Gasteiger partial charge in [-0.25, -0.2) is 0 Å².